The summed E-state index contributed by atoms with van der Waals surface area (Å²) in [5.74, 6) is -0.681. The number of pyridine rings is 1. The molecule has 5 nitrogen and oxygen atoms in total. The molecule has 0 aromatic carbocycles. The van der Waals surface area contributed by atoms with Gasteiger partial charge in [-0.15, -0.1) is 0 Å². The van der Waals surface area contributed by atoms with E-state index in [1.807, 2.05) is 0 Å². The lowest BCUT2D eigenvalue weighted by molar-refractivity contribution is 0.00642. The number of hydrogen-bond donors (Lipinski definition) is 2. The molecule has 0 atom stereocenters. The quantitative estimate of drug-likeness (QED) is 0.683. The summed E-state index contributed by atoms with van der Waals surface area (Å²) in [6.45, 7) is 5.25. The van der Waals surface area contributed by atoms with Crippen LogP contribution >= 0.6 is 0 Å². The van der Waals surface area contributed by atoms with E-state index in [1.54, 1.807) is 20.8 Å². The highest BCUT2D eigenvalue weighted by molar-refractivity contribution is 5.93. The second-order valence-corrected chi connectivity index (χ2v) is 4.13. The van der Waals surface area contributed by atoms with Crippen LogP contribution in [0.1, 0.15) is 31.3 Å². The van der Waals surface area contributed by atoms with Crippen molar-refractivity contribution in [2.24, 2.45) is 0 Å². The van der Waals surface area contributed by atoms with Crippen LogP contribution in [-0.2, 0) is 4.74 Å². The normalized spacial score (nSPS) is 11.1. The number of ether oxygens (including phenoxy) is 1. The maximum atomic E-state index is 11.5. The molecule has 0 amide bonds. The maximum absolute atomic E-state index is 11.5. The van der Waals surface area contributed by atoms with Crippen molar-refractivity contribution in [3.05, 3.63) is 18.0 Å². The SMILES string of the molecule is CC(C)(C)OC(=O)c1ncc(O)cc1N. The fraction of sp³-hybridized carbons (Fsp3) is 0.400. The second kappa shape index (κ2) is 3.76. The van der Waals surface area contributed by atoms with Crippen molar-refractivity contribution < 1.29 is 14.6 Å². The Morgan fingerprint density at radius 3 is 2.60 bits per heavy atom. The van der Waals surface area contributed by atoms with Gasteiger partial charge in [-0.25, -0.2) is 9.78 Å². The van der Waals surface area contributed by atoms with Crippen LogP contribution in [0, 0.1) is 0 Å². The van der Waals surface area contributed by atoms with Gasteiger partial charge in [-0.2, -0.15) is 0 Å². The first-order valence-electron chi connectivity index (χ1n) is 4.47. The summed E-state index contributed by atoms with van der Waals surface area (Å²) < 4.78 is 5.08. The number of hydrogen-bond acceptors (Lipinski definition) is 5. The molecule has 0 aliphatic heterocycles. The molecule has 15 heavy (non-hydrogen) atoms. The zero-order chi connectivity index (χ0) is 11.6. The Kier molecular flexibility index (Phi) is 2.83. The molecule has 1 rings (SSSR count). The van der Waals surface area contributed by atoms with Crippen LogP contribution in [0.2, 0.25) is 0 Å². The highest BCUT2D eigenvalue weighted by atomic mass is 16.6. The van der Waals surface area contributed by atoms with Crippen LogP contribution in [-0.4, -0.2) is 21.7 Å². The van der Waals surface area contributed by atoms with Crippen molar-refractivity contribution in [3.8, 4) is 5.75 Å². The summed E-state index contributed by atoms with van der Waals surface area (Å²) in [7, 11) is 0. The van der Waals surface area contributed by atoms with Crippen molar-refractivity contribution in [3.63, 3.8) is 0 Å². The molecule has 0 spiro atoms. The second-order valence-electron chi connectivity index (χ2n) is 4.13. The average Bonchev–Trinajstić information content (AvgIpc) is 1.99. The van der Waals surface area contributed by atoms with Gasteiger partial charge in [-0.1, -0.05) is 0 Å². The first-order chi connectivity index (χ1) is 6.79. The molecule has 0 aliphatic rings. The molecule has 82 valence electrons. The van der Waals surface area contributed by atoms with E-state index in [0.717, 1.165) is 6.20 Å². The minimum absolute atomic E-state index is 0.0164. The van der Waals surface area contributed by atoms with E-state index in [2.05, 4.69) is 4.98 Å². The van der Waals surface area contributed by atoms with E-state index in [9.17, 15) is 4.79 Å². The van der Waals surface area contributed by atoms with Gasteiger partial charge in [0.05, 0.1) is 11.9 Å². The number of nitrogen functional groups attached to an aromatic ring is 1. The summed E-state index contributed by atoms with van der Waals surface area (Å²) in [6.07, 6.45) is 1.15. The average molecular weight is 210 g/mol. The zero-order valence-corrected chi connectivity index (χ0v) is 8.94. The highest BCUT2D eigenvalue weighted by Crippen LogP contribution is 2.18. The van der Waals surface area contributed by atoms with E-state index in [-0.39, 0.29) is 17.1 Å². The van der Waals surface area contributed by atoms with Gasteiger partial charge in [0.1, 0.15) is 11.4 Å². The lowest BCUT2D eigenvalue weighted by atomic mass is 10.2. The molecule has 1 aromatic rings. The van der Waals surface area contributed by atoms with Gasteiger partial charge in [-0.3, -0.25) is 0 Å². The van der Waals surface area contributed by atoms with Crippen LogP contribution in [0.15, 0.2) is 12.3 Å². The number of aromatic nitrogens is 1. The Morgan fingerprint density at radius 1 is 1.53 bits per heavy atom. The predicted molar refractivity (Wildman–Crippen MR) is 55.5 cm³/mol. The van der Waals surface area contributed by atoms with Crippen molar-refractivity contribution in [1.82, 2.24) is 4.98 Å². The molecule has 0 fully saturated rings. The van der Waals surface area contributed by atoms with Gasteiger partial charge in [0.15, 0.2) is 5.69 Å². The third-order valence-corrected chi connectivity index (χ3v) is 1.49. The van der Waals surface area contributed by atoms with Crippen LogP contribution in [0.3, 0.4) is 0 Å². The Balaban J connectivity index is 2.92. The Labute approximate surface area is 87.9 Å². The predicted octanol–water partition coefficient (Wildman–Crippen LogP) is 1.32. The number of anilines is 1. The largest absolute Gasteiger partial charge is 0.506 e. The van der Waals surface area contributed by atoms with E-state index in [1.165, 1.54) is 6.07 Å². The van der Waals surface area contributed by atoms with E-state index >= 15 is 0 Å². The molecule has 1 heterocycles. The molecule has 0 aliphatic carbocycles. The Hall–Kier alpha value is -1.78. The molecule has 0 saturated heterocycles. The molecule has 5 heteroatoms. The highest BCUT2D eigenvalue weighted by Gasteiger charge is 2.20. The van der Waals surface area contributed by atoms with Crippen LogP contribution in [0.25, 0.3) is 0 Å². The molecule has 0 unspecified atom stereocenters. The monoisotopic (exact) mass is 210 g/mol. The smallest absolute Gasteiger partial charge is 0.359 e. The number of carbonyl (C=O) groups excluding carboxylic acids is 1. The summed E-state index contributed by atoms with van der Waals surface area (Å²) in [5.41, 5.74) is 5.04. The third-order valence-electron chi connectivity index (χ3n) is 1.49. The van der Waals surface area contributed by atoms with Gasteiger partial charge in [0.25, 0.3) is 0 Å². The van der Waals surface area contributed by atoms with Gasteiger partial charge >= 0.3 is 5.97 Å². The molecule has 1 aromatic heterocycles. The standard InChI is InChI=1S/C10H14N2O3/c1-10(2,3)15-9(14)8-7(11)4-6(13)5-12-8/h4-5,13H,11H2,1-3H3. The number of rotatable bonds is 1. The Morgan fingerprint density at radius 2 is 2.13 bits per heavy atom. The number of esters is 1. The topological polar surface area (TPSA) is 85.4 Å². The van der Waals surface area contributed by atoms with Gasteiger partial charge < -0.3 is 15.6 Å². The molecule has 0 bridgehead atoms. The summed E-state index contributed by atoms with van der Waals surface area (Å²) >= 11 is 0. The Bertz CT molecular complexity index is 383. The van der Waals surface area contributed by atoms with E-state index in [0.29, 0.717) is 0 Å². The number of aromatic hydroxyl groups is 1. The zero-order valence-electron chi connectivity index (χ0n) is 8.94. The number of nitrogens with two attached hydrogens (primary N) is 1. The van der Waals surface area contributed by atoms with Gasteiger partial charge in [-0.05, 0) is 20.8 Å². The minimum atomic E-state index is -0.597. The van der Waals surface area contributed by atoms with Crippen molar-refractivity contribution in [1.29, 1.82) is 0 Å². The molecular formula is C10H14N2O3. The van der Waals surface area contributed by atoms with Gasteiger partial charge in [0.2, 0.25) is 0 Å². The van der Waals surface area contributed by atoms with Crippen LogP contribution in [0.5, 0.6) is 5.75 Å². The minimum Gasteiger partial charge on any atom is -0.506 e. The van der Waals surface area contributed by atoms with Crippen LogP contribution < -0.4 is 5.73 Å². The first kappa shape index (κ1) is 11.3. The maximum Gasteiger partial charge on any atom is 0.359 e. The summed E-state index contributed by atoms with van der Waals surface area (Å²) in [6, 6.07) is 1.26. The molecule has 0 radical (unpaired) electrons. The lowest BCUT2D eigenvalue weighted by Crippen LogP contribution is -2.25. The van der Waals surface area contributed by atoms with Crippen molar-refractivity contribution in [2.75, 3.05) is 5.73 Å². The summed E-state index contributed by atoms with van der Waals surface area (Å²) in [5, 5.41) is 9.06. The van der Waals surface area contributed by atoms with E-state index in [4.69, 9.17) is 15.6 Å². The number of nitrogens with zero attached hydrogens (tertiary/aromatic N) is 1. The molecule has 0 saturated carbocycles. The number of carbonyl (C=O) groups is 1. The molecule has 3 N–H and O–H groups in total. The van der Waals surface area contributed by atoms with Gasteiger partial charge in [0, 0.05) is 6.07 Å². The summed E-state index contributed by atoms with van der Waals surface area (Å²) in [4.78, 5) is 15.3. The lowest BCUT2D eigenvalue weighted by Gasteiger charge is -2.19. The van der Waals surface area contributed by atoms with Crippen LogP contribution in [0.4, 0.5) is 5.69 Å². The third kappa shape index (κ3) is 3.12. The molecular weight excluding hydrogens is 196 g/mol. The van der Waals surface area contributed by atoms with Crippen molar-refractivity contribution >= 4 is 11.7 Å². The van der Waals surface area contributed by atoms with E-state index < -0.39 is 11.6 Å². The fourth-order valence-electron chi connectivity index (χ4n) is 0.967. The van der Waals surface area contributed by atoms with Crippen molar-refractivity contribution in [2.45, 2.75) is 26.4 Å². The first-order valence-corrected chi connectivity index (χ1v) is 4.47. The fourth-order valence-corrected chi connectivity index (χ4v) is 0.967.